The second-order valence-electron chi connectivity index (χ2n) is 4.19. The molecule has 16 heavy (non-hydrogen) atoms. The molecule has 1 amide bonds. The molecule has 1 rings (SSSR count). The Balaban J connectivity index is 2.85. The molecule has 5 nitrogen and oxygen atoms in total. The van der Waals surface area contributed by atoms with Gasteiger partial charge in [-0.05, 0) is 20.3 Å². The molecule has 0 aliphatic heterocycles. The van der Waals surface area contributed by atoms with Gasteiger partial charge in [-0.3, -0.25) is 4.79 Å². The minimum absolute atomic E-state index is 0.0779. The van der Waals surface area contributed by atoms with E-state index in [1.54, 1.807) is 19.0 Å². The molecule has 1 heterocycles. The van der Waals surface area contributed by atoms with E-state index in [2.05, 4.69) is 22.4 Å². The van der Waals surface area contributed by atoms with Gasteiger partial charge in [-0.25, -0.2) is 0 Å². The zero-order valence-corrected chi connectivity index (χ0v) is 11.2. The SMILES string of the molecule is CCC(C)(C)N(C)C(=O)c1nnc(NC)s1. The van der Waals surface area contributed by atoms with Gasteiger partial charge in [0.25, 0.3) is 5.91 Å². The first kappa shape index (κ1) is 12.9. The molecule has 1 aromatic rings. The standard InChI is InChI=1S/C10H18N4OS/c1-6-10(2,3)14(5)8(15)7-12-13-9(11-4)16-7/h6H2,1-5H3,(H,11,13). The van der Waals surface area contributed by atoms with Gasteiger partial charge in [0.1, 0.15) is 0 Å². The fourth-order valence-electron chi connectivity index (χ4n) is 1.07. The van der Waals surface area contributed by atoms with Crippen LogP contribution in [-0.4, -0.2) is 40.6 Å². The van der Waals surface area contributed by atoms with Crippen LogP contribution in [-0.2, 0) is 0 Å². The maximum Gasteiger partial charge on any atom is 0.285 e. The predicted molar refractivity (Wildman–Crippen MR) is 65.9 cm³/mol. The number of carbonyl (C=O) groups excluding carboxylic acids is 1. The molecular formula is C10H18N4OS. The van der Waals surface area contributed by atoms with E-state index in [-0.39, 0.29) is 11.4 Å². The van der Waals surface area contributed by atoms with Gasteiger partial charge in [-0.1, -0.05) is 18.3 Å². The van der Waals surface area contributed by atoms with E-state index in [9.17, 15) is 4.79 Å². The van der Waals surface area contributed by atoms with Gasteiger partial charge < -0.3 is 10.2 Å². The highest BCUT2D eigenvalue weighted by molar-refractivity contribution is 7.17. The van der Waals surface area contributed by atoms with Crippen molar-refractivity contribution in [3.63, 3.8) is 0 Å². The van der Waals surface area contributed by atoms with E-state index in [0.29, 0.717) is 10.1 Å². The lowest BCUT2D eigenvalue weighted by Gasteiger charge is -2.34. The third-order valence-corrected chi connectivity index (χ3v) is 3.83. The number of amides is 1. The van der Waals surface area contributed by atoms with Gasteiger partial charge in [-0.2, -0.15) is 0 Å². The summed E-state index contributed by atoms with van der Waals surface area (Å²) < 4.78 is 0. The molecule has 0 bridgehead atoms. The summed E-state index contributed by atoms with van der Waals surface area (Å²) in [5, 5.41) is 11.7. The summed E-state index contributed by atoms with van der Waals surface area (Å²) in [6.07, 6.45) is 0.896. The third kappa shape index (κ3) is 2.49. The molecule has 0 unspecified atom stereocenters. The van der Waals surface area contributed by atoms with Crippen molar-refractivity contribution in [3.05, 3.63) is 5.01 Å². The first-order chi connectivity index (χ1) is 7.42. The zero-order valence-electron chi connectivity index (χ0n) is 10.4. The number of hydrogen-bond acceptors (Lipinski definition) is 5. The van der Waals surface area contributed by atoms with Crippen molar-refractivity contribution in [2.24, 2.45) is 0 Å². The van der Waals surface area contributed by atoms with Crippen molar-refractivity contribution >= 4 is 22.4 Å². The van der Waals surface area contributed by atoms with Gasteiger partial charge in [0, 0.05) is 19.6 Å². The highest BCUT2D eigenvalue weighted by atomic mass is 32.1. The van der Waals surface area contributed by atoms with Crippen LogP contribution >= 0.6 is 11.3 Å². The van der Waals surface area contributed by atoms with Gasteiger partial charge in [0.2, 0.25) is 10.1 Å². The van der Waals surface area contributed by atoms with Crippen molar-refractivity contribution in [1.29, 1.82) is 0 Å². The molecule has 0 spiro atoms. The van der Waals surface area contributed by atoms with Crippen LogP contribution in [0.5, 0.6) is 0 Å². The normalized spacial score (nSPS) is 11.3. The Hall–Kier alpha value is -1.17. The summed E-state index contributed by atoms with van der Waals surface area (Å²) in [4.78, 5) is 13.8. The van der Waals surface area contributed by atoms with Crippen LogP contribution in [0.4, 0.5) is 5.13 Å². The predicted octanol–water partition coefficient (Wildman–Crippen LogP) is 1.84. The van der Waals surface area contributed by atoms with Crippen molar-refractivity contribution < 1.29 is 4.79 Å². The van der Waals surface area contributed by atoms with Gasteiger partial charge >= 0.3 is 0 Å². The Morgan fingerprint density at radius 2 is 2.12 bits per heavy atom. The van der Waals surface area contributed by atoms with Crippen molar-refractivity contribution in [2.75, 3.05) is 19.4 Å². The topological polar surface area (TPSA) is 58.1 Å². The second kappa shape index (κ2) is 4.78. The summed E-state index contributed by atoms with van der Waals surface area (Å²) >= 11 is 1.27. The summed E-state index contributed by atoms with van der Waals surface area (Å²) in [5.41, 5.74) is -0.164. The lowest BCUT2D eigenvalue weighted by molar-refractivity contribution is 0.0619. The molecule has 0 saturated carbocycles. The summed E-state index contributed by atoms with van der Waals surface area (Å²) in [5.74, 6) is -0.0779. The van der Waals surface area contributed by atoms with Gasteiger partial charge in [-0.15, -0.1) is 10.2 Å². The highest BCUT2D eigenvalue weighted by Gasteiger charge is 2.28. The number of carbonyl (C=O) groups is 1. The van der Waals surface area contributed by atoms with Crippen molar-refractivity contribution in [3.8, 4) is 0 Å². The molecular weight excluding hydrogens is 224 g/mol. The Labute approximate surface area is 99.9 Å². The first-order valence-corrected chi connectivity index (χ1v) is 6.03. The highest BCUT2D eigenvalue weighted by Crippen LogP contribution is 2.22. The van der Waals surface area contributed by atoms with Crippen molar-refractivity contribution in [2.45, 2.75) is 32.7 Å². The fraction of sp³-hybridized carbons (Fsp3) is 0.700. The van der Waals surface area contributed by atoms with Crippen LogP contribution in [0.2, 0.25) is 0 Å². The Kier molecular flexibility index (Phi) is 3.85. The molecule has 0 aliphatic rings. The molecule has 90 valence electrons. The molecule has 6 heteroatoms. The number of hydrogen-bond donors (Lipinski definition) is 1. The molecule has 0 fully saturated rings. The summed E-state index contributed by atoms with van der Waals surface area (Å²) in [7, 11) is 3.56. The van der Waals surface area contributed by atoms with E-state index in [1.807, 2.05) is 13.8 Å². The minimum atomic E-state index is -0.164. The van der Waals surface area contributed by atoms with Crippen LogP contribution in [0.25, 0.3) is 0 Å². The second-order valence-corrected chi connectivity index (χ2v) is 5.17. The van der Waals surface area contributed by atoms with Crippen LogP contribution in [0, 0.1) is 0 Å². The molecule has 0 aromatic carbocycles. The minimum Gasteiger partial charge on any atom is -0.363 e. The van der Waals surface area contributed by atoms with Crippen LogP contribution in [0.15, 0.2) is 0 Å². The summed E-state index contributed by atoms with van der Waals surface area (Å²) in [6, 6.07) is 0. The van der Waals surface area contributed by atoms with E-state index < -0.39 is 0 Å². The van der Waals surface area contributed by atoms with Crippen molar-refractivity contribution in [1.82, 2.24) is 15.1 Å². The van der Waals surface area contributed by atoms with E-state index >= 15 is 0 Å². The zero-order chi connectivity index (χ0) is 12.3. The maximum atomic E-state index is 12.1. The quantitative estimate of drug-likeness (QED) is 0.875. The number of aromatic nitrogens is 2. The number of nitrogens with one attached hydrogen (secondary N) is 1. The lowest BCUT2D eigenvalue weighted by Crippen LogP contribution is -2.44. The molecule has 1 N–H and O–H groups in total. The van der Waals surface area contributed by atoms with E-state index in [1.165, 1.54) is 11.3 Å². The Morgan fingerprint density at radius 1 is 1.50 bits per heavy atom. The van der Waals surface area contributed by atoms with Gasteiger partial charge in [0.15, 0.2) is 0 Å². The molecule has 0 aliphatic carbocycles. The molecule has 0 saturated heterocycles. The van der Waals surface area contributed by atoms with Crippen LogP contribution in [0.3, 0.4) is 0 Å². The Morgan fingerprint density at radius 3 is 2.56 bits per heavy atom. The van der Waals surface area contributed by atoms with E-state index in [0.717, 1.165) is 6.42 Å². The number of anilines is 1. The van der Waals surface area contributed by atoms with Gasteiger partial charge in [0.05, 0.1) is 0 Å². The maximum absolute atomic E-state index is 12.1. The average Bonchev–Trinajstić information content (AvgIpc) is 2.75. The number of rotatable bonds is 4. The smallest absolute Gasteiger partial charge is 0.285 e. The molecule has 0 radical (unpaired) electrons. The summed E-state index contributed by atoms with van der Waals surface area (Å²) in [6.45, 7) is 6.12. The third-order valence-electron chi connectivity index (χ3n) is 2.90. The Bertz CT molecular complexity index is 375. The lowest BCUT2D eigenvalue weighted by atomic mass is 10.00. The number of nitrogens with zero attached hydrogens (tertiary/aromatic N) is 3. The first-order valence-electron chi connectivity index (χ1n) is 5.21. The average molecular weight is 242 g/mol. The van der Waals surface area contributed by atoms with E-state index in [4.69, 9.17) is 0 Å². The largest absolute Gasteiger partial charge is 0.363 e. The fourth-order valence-corrected chi connectivity index (χ4v) is 1.74. The van der Waals surface area contributed by atoms with Crippen LogP contribution < -0.4 is 5.32 Å². The monoisotopic (exact) mass is 242 g/mol. The van der Waals surface area contributed by atoms with Crippen LogP contribution in [0.1, 0.15) is 37.0 Å². The molecule has 0 atom stereocenters. The molecule has 1 aromatic heterocycles.